The molecule has 2 nitrogen and oxygen atoms in total. The molecule has 0 N–H and O–H groups in total. The Bertz CT molecular complexity index is 376. The highest BCUT2D eigenvalue weighted by atomic mass is 35.5. The van der Waals surface area contributed by atoms with Gasteiger partial charge in [-0.25, -0.2) is 8.78 Å². The topological polar surface area (TPSA) is 26.3 Å². The van der Waals surface area contributed by atoms with Crippen LogP contribution in [0.1, 0.15) is 30.7 Å². The molecule has 0 amide bonds. The van der Waals surface area contributed by atoms with Crippen molar-refractivity contribution >= 4 is 17.6 Å². The van der Waals surface area contributed by atoms with Crippen LogP contribution in [0.3, 0.4) is 0 Å². The molecule has 0 bridgehead atoms. The molecule has 5 heteroatoms. The number of esters is 1. The van der Waals surface area contributed by atoms with Gasteiger partial charge in [-0.2, -0.15) is 0 Å². The second kappa shape index (κ2) is 6.55. The van der Waals surface area contributed by atoms with Crippen molar-refractivity contribution in [3.8, 4) is 0 Å². The van der Waals surface area contributed by atoms with Crippen molar-refractivity contribution in [2.45, 2.75) is 25.1 Å². The minimum atomic E-state index is -0.679. The monoisotopic (exact) mass is 262 g/mol. The Morgan fingerprint density at radius 2 is 1.94 bits per heavy atom. The lowest BCUT2D eigenvalue weighted by Gasteiger charge is -2.09. The number of carbonyl (C=O) groups excluding carboxylic acids is 1. The van der Waals surface area contributed by atoms with Gasteiger partial charge >= 0.3 is 5.97 Å². The average Bonchev–Trinajstić information content (AvgIpc) is 2.25. The fourth-order valence-corrected chi connectivity index (χ4v) is 1.64. The zero-order valence-electron chi connectivity index (χ0n) is 9.38. The molecular weight excluding hydrogens is 250 g/mol. The van der Waals surface area contributed by atoms with Crippen LogP contribution in [0, 0.1) is 11.6 Å². The second-order valence-electron chi connectivity index (χ2n) is 3.51. The lowest BCUT2D eigenvalue weighted by molar-refractivity contribution is -0.143. The van der Waals surface area contributed by atoms with Crippen LogP contribution in [0.15, 0.2) is 18.2 Å². The number of hydrogen-bond donors (Lipinski definition) is 0. The van der Waals surface area contributed by atoms with Crippen molar-refractivity contribution < 1.29 is 18.3 Å². The largest absolute Gasteiger partial charge is 0.466 e. The highest BCUT2D eigenvalue weighted by Gasteiger charge is 2.13. The number of halogens is 3. The Labute approximate surface area is 104 Å². The van der Waals surface area contributed by atoms with Crippen molar-refractivity contribution in [2.24, 2.45) is 0 Å². The quantitative estimate of drug-likeness (QED) is 0.599. The van der Waals surface area contributed by atoms with Crippen molar-refractivity contribution in [2.75, 3.05) is 6.61 Å². The molecule has 0 fully saturated rings. The summed E-state index contributed by atoms with van der Waals surface area (Å²) in [6, 6.07) is 3.09. The summed E-state index contributed by atoms with van der Waals surface area (Å²) in [7, 11) is 0. The van der Waals surface area contributed by atoms with Gasteiger partial charge in [0.1, 0.15) is 11.6 Å². The predicted octanol–water partition coefficient (Wildman–Crippen LogP) is 3.59. The van der Waals surface area contributed by atoms with Crippen LogP contribution in [0.4, 0.5) is 8.78 Å². The number of rotatable bonds is 5. The van der Waals surface area contributed by atoms with Crippen molar-refractivity contribution in [3.05, 3.63) is 35.4 Å². The van der Waals surface area contributed by atoms with Gasteiger partial charge in [0.25, 0.3) is 0 Å². The molecule has 0 aromatic heterocycles. The zero-order chi connectivity index (χ0) is 12.8. The normalized spacial score (nSPS) is 12.2. The average molecular weight is 263 g/mol. The first-order valence-corrected chi connectivity index (χ1v) is 5.72. The summed E-state index contributed by atoms with van der Waals surface area (Å²) in [6.45, 7) is 2.01. The summed E-state index contributed by atoms with van der Waals surface area (Å²) >= 11 is 5.95. The molecule has 1 rings (SSSR count). The molecule has 0 spiro atoms. The second-order valence-corrected chi connectivity index (χ2v) is 4.04. The van der Waals surface area contributed by atoms with Crippen molar-refractivity contribution in [1.29, 1.82) is 0 Å². The summed E-state index contributed by atoms with van der Waals surface area (Å²) in [5.41, 5.74) is 0.327. The number of ether oxygens (including phenoxy) is 1. The SMILES string of the molecule is CCOC(=O)CCC(Cl)c1cc(F)cc(F)c1. The maximum absolute atomic E-state index is 12.9. The van der Waals surface area contributed by atoms with Gasteiger partial charge in [0.2, 0.25) is 0 Å². The minimum Gasteiger partial charge on any atom is -0.466 e. The molecule has 17 heavy (non-hydrogen) atoms. The van der Waals surface area contributed by atoms with Crippen LogP contribution < -0.4 is 0 Å². The van der Waals surface area contributed by atoms with E-state index in [4.69, 9.17) is 16.3 Å². The third-order valence-electron chi connectivity index (χ3n) is 2.15. The van der Waals surface area contributed by atoms with E-state index in [1.165, 1.54) is 0 Å². The van der Waals surface area contributed by atoms with E-state index < -0.39 is 17.0 Å². The molecule has 0 saturated carbocycles. The molecule has 1 aromatic carbocycles. The maximum atomic E-state index is 12.9. The van der Waals surface area contributed by atoms with E-state index in [2.05, 4.69) is 0 Å². The van der Waals surface area contributed by atoms with Gasteiger partial charge in [-0.15, -0.1) is 11.6 Å². The lowest BCUT2D eigenvalue weighted by Crippen LogP contribution is -2.05. The molecule has 94 valence electrons. The Balaban J connectivity index is 2.57. The molecule has 0 saturated heterocycles. The van der Waals surface area contributed by atoms with Crippen LogP contribution in [0.5, 0.6) is 0 Å². The maximum Gasteiger partial charge on any atom is 0.305 e. The Hall–Kier alpha value is -1.16. The summed E-state index contributed by atoms with van der Waals surface area (Å²) in [5, 5.41) is -0.607. The van der Waals surface area contributed by atoms with Crippen molar-refractivity contribution in [1.82, 2.24) is 0 Å². The smallest absolute Gasteiger partial charge is 0.305 e. The van der Waals surface area contributed by atoms with Gasteiger partial charge in [-0.1, -0.05) is 0 Å². The molecule has 0 radical (unpaired) electrons. The van der Waals surface area contributed by atoms with Gasteiger partial charge in [0, 0.05) is 12.5 Å². The highest BCUT2D eigenvalue weighted by molar-refractivity contribution is 6.20. The summed E-state index contributed by atoms with van der Waals surface area (Å²) in [6.07, 6.45) is 0.406. The minimum absolute atomic E-state index is 0.125. The van der Waals surface area contributed by atoms with Crippen LogP contribution >= 0.6 is 11.6 Å². The number of carbonyl (C=O) groups is 1. The lowest BCUT2D eigenvalue weighted by atomic mass is 10.1. The molecule has 0 aliphatic carbocycles. The highest BCUT2D eigenvalue weighted by Crippen LogP contribution is 2.27. The predicted molar refractivity (Wildman–Crippen MR) is 60.8 cm³/mol. The van der Waals surface area contributed by atoms with Gasteiger partial charge in [0.05, 0.1) is 12.0 Å². The summed E-state index contributed by atoms with van der Waals surface area (Å²) in [4.78, 5) is 11.1. The number of hydrogen-bond acceptors (Lipinski definition) is 2. The fourth-order valence-electron chi connectivity index (χ4n) is 1.40. The van der Waals surface area contributed by atoms with Crippen LogP contribution in [-0.2, 0) is 9.53 Å². The van der Waals surface area contributed by atoms with Gasteiger partial charge in [0.15, 0.2) is 0 Å². The zero-order valence-corrected chi connectivity index (χ0v) is 10.1. The van der Waals surface area contributed by atoms with Crippen LogP contribution in [-0.4, -0.2) is 12.6 Å². The van der Waals surface area contributed by atoms with E-state index in [9.17, 15) is 13.6 Å². The Morgan fingerprint density at radius 1 is 1.35 bits per heavy atom. The van der Waals surface area contributed by atoms with Crippen LogP contribution in [0.25, 0.3) is 0 Å². The first kappa shape index (κ1) is 13.9. The number of benzene rings is 1. The standard InChI is InChI=1S/C12H13ClF2O2/c1-2-17-12(16)4-3-11(13)8-5-9(14)7-10(15)6-8/h5-7,11H,2-4H2,1H3. The Morgan fingerprint density at radius 3 is 2.47 bits per heavy atom. The molecule has 1 aromatic rings. The fraction of sp³-hybridized carbons (Fsp3) is 0.417. The van der Waals surface area contributed by atoms with E-state index in [0.717, 1.165) is 18.2 Å². The third-order valence-corrected chi connectivity index (χ3v) is 2.62. The van der Waals surface area contributed by atoms with Crippen molar-refractivity contribution in [3.63, 3.8) is 0 Å². The molecule has 1 unspecified atom stereocenters. The van der Waals surface area contributed by atoms with E-state index in [-0.39, 0.29) is 18.8 Å². The van der Waals surface area contributed by atoms with E-state index >= 15 is 0 Å². The molecule has 1 atom stereocenters. The van der Waals surface area contributed by atoms with E-state index in [0.29, 0.717) is 12.2 Å². The molecule has 0 aliphatic heterocycles. The first-order valence-electron chi connectivity index (χ1n) is 5.28. The number of alkyl halides is 1. The van der Waals surface area contributed by atoms with Gasteiger partial charge < -0.3 is 4.74 Å². The Kier molecular flexibility index (Phi) is 5.35. The molecular formula is C12H13ClF2O2. The van der Waals surface area contributed by atoms with E-state index in [1.54, 1.807) is 6.92 Å². The molecule has 0 heterocycles. The van der Waals surface area contributed by atoms with Crippen LogP contribution in [0.2, 0.25) is 0 Å². The summed E-state index contributed by atoms with van der Waals surface area (Å²) in [5.74, 6) is -1.72. The summed E-state index contributed by atoms with van der Waals surface area (Å²) < 4.78 is 30.6. The molecule has 0 aliphatic rings. The van der Waals surface area contributed by atoms with E-state index in [1.807, 2.05) is 0 Å². The van der Waals surface area contributed by atoms with Gasteiger partial charge in [-0.05, 0) is 31.0 Å². The third kappa shape index (κ3) is 4.69. The van der Waals surface area contributed by atoms with Gasteiger partial charge in [-0.3, -0.25) is 4.79 Å². The first-order chi connectivity index (χ1) is 8.02.